The first-order valence-corrected chi connectivity index (χ1v) is 7.51. The SMILES string of the molecule is NC1=[N+](/N=C/c2ccc(F)cc2)C[C@@H](c2ccccc2)S1. The van der Waals surface area contributed by atoms with Crippen molar-refractivity contribution < 1.29 is 9.07 Å². The number of hydrogen-bond donors (Lipinski definition) is 1. The lowest BCUT2D eigenvalue weighted by Crippen LogP contribution is -2.16. The Morgan fingerprint density at radius 3 is 2.57 bits per heavy atom. The molecule has 3 nitrogen and oxygen atoms in total. The van der Waals surface area contributed by atoms with Crippen molar-refractivity contribution in [1.82, 2.24) is 0 Å². The molecule has 0 spiro atoms. The highest BCUT2D eigenvalue weighted by Crippen LogP contribution is 2.33. The summed E-state index contributed by atoms with van der Waals surface area (Å²) in [5.41, 5.74) is 8.11. The van der Waals surface area contributed by atoms with Gasteiger partial charge < -0.3 is 0 Å². The van der Waals surface area contributed by atoms with E-state index in [4.69, 9.17) is 5.73 Å². The van der Waals surface area contributed by atoms with Crippen molar-refractivity contribution in [1.29, 1.82) is 0 Å². The number of nitrogens with zero attached hydrogens (tertiary/aromatic N) is 2. The topological polar surface area (TPSA) is 41.4 Å². The number of rotatable bonds is 3. The van der Waals surface area contributed by atoms with Crippen molar-refractivity contribution in [2.24, 2.45) is 10.8 Å². The van der Waals surface area contributed by atoms with Gasteiger partial charge in [-0.1, -0.05) is 47.6 Å². The fourth-order valence-electron chi connectivity index (χ4n) is 2.12. The maximum Gasteiger partial charge on any atom is 0.330 e. The molecule has 2 aromatic carbocycles. The molecule has 1 aliphatic heterocycles. The zero-order valence-electron chi connectivity index (χ0n) is 11.3. The molecule has 0 amide bonds. The zero-order chi connectivity index (χ0) is 14.7. The molecule has 0 fully saturated rings. The molecular formula is C16H15FN3S+. The van der Waals surface area contributed by atoms with Gasteiger partial charge in [0.25, 0.3) is 0 Å². The predicted octanol–water partition coefficient (Wildman–Crippen LogP) is 2.97. The number of hydrazone groups is 1. The van der Waals surface area contributed by atoms with Gasteiger partial charge in [-0.2, -0.15) is 0 Å². The van der Waals surface area contributed by atoms with Crippen molar-refractivity contribution in [2.45, 2.75) is 5.25 Å². The van der Waals surface area contributed by atoms with E-state index in [1.165, 1.54) is 17.7 Å². The molecule has 0 saturated carbocycles. The van der Waals surface area contributed by atoms with E-state index in [0.29, 0.717) is 5.17 Å². The quantitative estimate of drug-likeness (QED) is 0.699. The third-order valence-electron chi connectivity index (χ3n) is 3.24. The first-order valence-electron chi connectivity index (χ1n) is 6.63. The number of thioether (sulfide) groups is 1. The number of hydrogen-bond acceptors (Lipinski definition) is 3. The van der Waals surface area contributed by atoms with Crippen LogP contribution >= 0.6 is 11.8 Å². The highest BCUT2D eigenvalue weighted by atomic mass is 32.2. The van der Waals surface area contributed by atoms with Gasteiger partial charge in [-0.3, -0.25) is 5.73 Å². The van der Waals surface area contributed by atoms with Crippen LogP contribution in [0, 0.1) is 5.82 Å². The largest absolute Gasteiger partial charge is 0.330 e. The molecule has 0 saturated heterocycles. The van der Waals surface area contributed by atoms with Gasteiger partial charge in [0.15, 0.2) is 0 Å². The summed E-state index contributed by atoms with van der Waals surface area (Å²) in [5, 5.41) is 5.35. The van der Waals surface area contributed by atoms with Crippen molar-refractivity contribution in [2.75, 3.05) is 6.54 Å². The fourth-order valence-corrected chi connectivity index (χ4v) is 3.17. The van der Waals surface area contributed by atoms with E-state index in [1.54, 1.807) is 34.8 Å². The molecule has 0 unspecified atom stereocenters. The summed E-state index contributed by atoms with van der Waals surface area (Å²) in [6.07, 6.45) is 1.69. The van der Waals surface area contributed by atoms with Crippen LogP contribution < -0.4 is 5.73 Å². The molecule has 21 heavy (non-hydrogen) atoms. The Morgan fingerprint density at radius 2 is 1.86 bits per heavy atom. The predicted molar refractivity (Wildman–Crippen MR) is 85.1 cm³/mol. The molecular weight excluding hydrogens is 285 g/mol. The van der Waals surface area contributed by atoms with E-state index in [0.717, 1.165) is 12.1 Å². The first-order chi connectivity index (χ1) is 10.2. The van der Waals surface area contributed by atoms with Crippen molar-refractivity contribution in [3.63, 3.8) is 0 Å². The maximum absolute atomic E-state index is 12.8. The average Bonchev–Trinajstić information content (AvgIpc) is 2.89. The van der Waals surface area contributed by atoms with Crippen LogP contribution in [0.2, 0.25) is 0 Å². The summed E-state index contributed by atoms with van der Waals surface area (Å²) in [5.74, 6) is -0.251. The molecule has 106 valence electrons. The Kier molecular flexibility index (Phi) is 4.01. The number of amidine groups is 1. The standard InChI is InChI=1S/C16H14FN3S/c17-14-8-6-12(7-9-14)10-19-20-11-15(21-16(20)18)13-4-2-1-3-5-13/h1-10,15,18H,11H2/p+1/b19-10+/t15-/m0/s1. The Hall–Kier alpha value is -2.14. The fraction of sp³-hybridized carbons (Fsp3) is 0.125. The Bertz CT molecular complexity index is 680. The van der Waals surface area contributed by atoms with Gasteiger partial charge >= 0.3 is 5.17 Å². The monoisotopic (exact) mass is 300 g/mol. The first kappa shape index (κ1) is 13.8. The Morgan fingerprint density at radius 1 is 1.14 bits per heavy atom. The Balaban J connectivity index is 1.71. The second kappa shape index (κ2) is 6.10. The van der Waals surface area contributed by atoms with E-state index in [1.807, 2.05) is 18.2 Å². The van der Waals surface area contributed by atoms with Crippen LogP contribution in [-0.4, -0.2) is 22.6 Å². The molecule has 0 aromatic heterocycles. The van der Waals surface area contributed by atoms with E-state index in [9.17, 15) is 4.39 Å². The van der Waals surface area contributed by atoms with E-state index < -0.39 is 0 Å². The van der Waals surface area contributed by atoms with Crippen LogP contribution in [-0.2, 0) is 0 Å². The van der Waals surface area contributed by atoms with Crippen molar-refractivity contribution >= 4 is 23.1 Å². The molecule has 0 aliphatic carbocycles. The van der Waals surface area contributed by atoms with Crippen molar-refractivity contribution in [3.05, 3.63) is 71.5 Å². The number of nitrogens with two attached hydrogens (primary N) is 1. The van der Waals surface area contributed by atoms with E-state index in [-0.39, 0.29) is 11.1 Å². The Labute approximate surface area is 127 Å². The third kappa shape index (κ3) is 3.31. The van der Waals surface area contributed by atoms with Gasteiger partial charge in [-0.25, -0.2) is 4.39 Å². The average molecular weight is 300 g/mol. The summed E-state index contributed by atoms with van der Waals surface area (Å²) in [7, 11) is 0. The second-order valence-electron chi connectivity index (χ2n) is 4.73. The van der Waals surface area contributed by atoms with E-state index >= 15 is 0 Å². The summed E-state index contributed by atoms with van der Waals surface area (Å²) in [6, 6.07) is 16.4. The van der Waals surface area contributed by atoms with E-state index in [2.05, 4.69) is 17.2 Å². The third-order valence-corrected chi connectivity index (χ3v) is 4.40. The van der Waals surface area contributed by atoms with Crippen LogP contribution in [0.3, 0.4) is 0 Å². The molecule has 2 aromatic rings. The smallest absolute Gasteiger partial charge is 0.279 e. The van der Waals surface area contributed by atoms with Crippen LogP contribution in [0.25, 0.3) is 0 Å². The minimum absolute atomic E-state index is 0.251. The van der Waals surface area contributed by atoms with Gasteiger partial charge in [0.05, 0.1) is 11.5 Å². The van der Waals surface area contributed by atoms with Gasteiger partial charge in [0.1, 0.15) is 12.4 Å². The van der Waals surface area contributed by atoms with Crippen LogP contribution in [0.5, 0.6) is 0 Å². The second-order valence-corrected chi connectivity index (χ2v) is 5.96. The maximum atomic E-state index is 12.8. The van der Waals surface area contributed by atoms with Gasteiger partial charge in [-0.15, -0.1) is 4.68 Å². The minimum atomic E-state index is -0.251. The van der Waals surface area contributed by atoms with Crippen LogP contribution in [0.4, 0.5) is 4.39 Å². The lowest BCUT2D eigenvalue weighted by molar-refractivity contribution is -0.527. The molecule has 2 N–H and O–H groups in total. The minimum Gasteiger partial charge on any atom is -0.279 e. The van der Waals surface area contributed by atoms with Crippen LogP contribution in [0.1, 0.15) is 16.4 Å². The summed E-state index contributed by atoms with van der Waals surface area (Å²) < 4.78 is 14.6. The van der Waals surface area contributed by atoms with Gasteiger partial charge in [0.2, 0.25) is 0 Å². The zero-order valence-corrected chi connectivity index (χ0v) is 12.1. The van der Waals surface area contributed by atoms with Crippen LogP contribution in [0.15, 0.2) is 59.7 Å². The highest BCUT2D eigenvalue weighted by Gasteiger charge is 2.29. The molecule has 1 atom stereocenters. The summed E-state index contributed by atoms with van der Waals surface area (Å²) in [6.45, 7) is 0.734. The van der Waals surface area contributed by atoms with Gasteiger partial charge in [-0.05, 0) is 35.0 Å². The number of benzene rings is 2. The molecule has 5 heteroatoms. The lowest BCUT2D eigenvalue weighted by atomic mass is 10.1. The van der Waals surface area contributed by atoms with Gasteiger partial charge in [0, 0.05) is 0 Å². The van der Waals surface area contributed by atoms with Crippen molar-refractivity contribution in [3.8, 4) is 0 Å². The summed E-state index contributed by atoms with van der Waals surface area (Å²) in [4.78, 5) is 0. The highest BCUT2D eigenvalue weighted by molar-refractivity contribution is 8.13. The lowest BCUT2D eigenvalue weighted by Gasteiger charge is -2.04. The molecule has 1 heterocycles. The number of halogens is 1. The molecule has 1 aliphatic rings. The summed E-state index contributed by atoms with van der Waals surface area (Å²) >= 11 is 1.61. The molecule has 3 rings (SSSR count). The normalized spacial score (nSPS) is 18.6. The molecule has 0 bridgehead atoms. The molecule has 0 radical (unpaired) electrons.